The maximum Gasteiger partial charge on any atom is 0.0804 e. The highest BCUT2D eigenvalue weighted by Gasteiger charge is 2.30. The van der Waals surface area contributed by atoms with Crippen molar-refractivity contribution in [3.63, 3.8) is 0 Å². The first-order chi connectivity index (χ1) is 9.40. The molecular weight excluding hydrogens is 248 g/mol. The molecule has 1 aliphatic rings. The summed E-state index contributed by atoms with van der Waals surface area (Å²) < 4.78 is 0. The number of benzene rings is 1. The first-order valence-corrected chi connectivity index (χ1v) is 7.57. The van der Waals surface area contributed by atoms with E-state index in [-0.39, 0.29) is 11.6 Å². The van der Waals surface area contributed by atoms with Crippen LogP contribution < -0.4 is 0 Å². The van der Waals surface area contributed by atoms with Crippen LogP contribution in [0.5, 0.6) is 0 Å². The van der Waals surface area contributed by atoms with E-state index < -0.39 is 0 Å². The van der Waals surface area contributed by atoms with Crippen LogP contribution in [0.25, 0.3) is 0 Å². The molecule has 0 bridgehead atoms. The molecule has 1 aromatic rings. The van der Waals surface area contributed by atoms with Gasteiger partial charge in [-0.05, 0) is 45.4 Å². The van der Waals surface area contributed by atoms with Gasteiger partial charge in [-0.25, -0.2) is 0 Å². The Morgan fingerprint density at radius 3 is 2.60 bits per heavy atom. The smallest absolute Gasteiger partial charge is 0.0804 e. The van der Waals surface area contributed by atoms with Gasteiger partial charge in [0.2, 0.25) is 0 Å². The molecule has 3 heteroatoms. The van der Waals surface area contributed by atoms with Crippen LogP contribution in [0.1, 0.15) is 37.5 Å². The molecule has 0 amide bonds. The largest absolute Gasteiger partial charge is 0.388 e. The normalized spacial score (nSPS) is 21.9. The fourth-order valence-electron chi connectivity index (χ4n) is 2.95. The summed E-state index contributed by atoms with van der Waals surface area (Å²) in [6.45, 7) is 10.9. The minimum atomic E-state index is -0.348. The number of nitrogens with zero attached hydrogens (tertiary/aromatic N) is 2. The molecule has 2 rings (SSSR count). The van der Waals surface area contributed by atoms with Gasteiger partial charge in [0.05, 0.1) is 6.10 Å². The second-order valence-corrected chi connectivity index (χ2v) is 6.67. The molecule has 1 heterocycles. The Balaban J connectivity index is 1.88. The van der Waals surface area contributed by atoms with E-state index in [0.29, 0.717) is 0 Å². The molecule has 1 aliphatic heterocycles. The van der Waals surface area contributed by atoms with Crippen LogP contribution in [-0.2, 0) is 0 Å². The number of aliphatic hydroxyl groups is 1. The second-order valence-electron chi connectivity index (χ2n) is 6.67. The Bertz CT molecular complexity index is 444. The molecule has 0 aromatic heterocycles. The quantitative estimate of drug-likeness (QED) is 0.915. The van der Waals surface area contributed by atoms with Crippen LogP contribution in [0.4, 0.5) is 0 Å². The van der Waals surface area contributed by atoms with Gasteiger partial charge >= 0.3 is 0 Å². The maximum absolute atomic E-state index is 10.4. The Morgan fingerprint density at radius 2 is 1.95 bits per heavy atom. The van der Waals surface area contributed by atoms with E-state index in [9.17, 15) is 5.11 Å². The number of rotatable bonds is 4. The van der Waals surface area contributed by atoms with Gasteiger partial charge in [0.1, 0.15) is 0 Å². The molecule has 1 saturated heterocycles. The van der Waals surface area contributed by atoms with E-state index in [1.165, 1.54) is 5.56 Å². The maximum atomic E-state index is 10.4. The van der Waals surface area contributed by atoms with Crippen molar-refractivity contribution in [2.45, 2.75) is 38.8 Å². The number of aliphatic hydroxyl groups excluding tert-OH is 1. The third-order valence-electron chi connectivity index (χ3n) is 4.66. The zero-order valence-corrected chi connectivity index (χ0v) is 13.3. The Morgan fingerprint density at radius 1 is 1.25 bits per heavy atom. The molecule has 0 radical (unpaired) electrons. The van der Waals surface area contributed by atoms with Gasteiger partial charge < -0.3 is 10.0 Å². The fourth-order valence-corrected chi connectivity index (χ4v) is 2.95. The number of piperazine rings is 1. The van der Waals surface area contributed by atoms with E-state index in [4.69, 9.17) is 0 Å². The summed E-state index contributed by atoms with van der Waals surface area (Å²) in [4.78, 5) is 4.89. The lowest BCUT2D eigenvalue weighted by atomic mass is 9.98. The van der Waals surface area contributed by atoms with Crippen molar-refractivity contribution in [1.82, 2.24) is 9.80 Å². The molecule has 1 aromatic carbocycles. The van der Waals surface area contributed by atoms with Gasteiger partial charge in [-0.1, -0.05) is 24.3 Å². The van der Waals surface area contributed by atoms with Crippen LogP contribution in [0.15, 0.2) is 24.3 Å². The highest BCUT2D eigenvalue weighted by molar-refractivity contribution is 5.27. The zero-order chi connectivity index (χ0) is 14.8. The van der Waals surface area contributed by atoms with Crippen molar-refractivity contribution < 1.29 is 5.11 Å². The molecule has 1 N–H and O–H groups in total. The average molecular weight is 276 g/mol. The molecule has 1 unspecified atom stereocenters. The minimum Gasteiger partial charge on any atom is -0.388 e. The summed E-state index contributed by atoms with van der Waals surface area (Å²) in [5.74, 6) is 0. The Kier molecular flexibility index (Phi) is 4.84. The molecule has 1 atom stereocenters. The van der Waals surface area contributed by atoms with Crippen LogP contribution in [0.3, 0.4) is 0 Å². The van der Waals surface area contributed by atoms with E-state index in [1.807, 2.05) is 18.2 Å². The second kappa shape index (κ2) is 6.25. The van der Waals surface area contributed by atoms with E-state index >= 15 is 0 Å². The highest BCUT2D eigenvalue weighted by Crippen LogP contribution is 2.23. The van der Waals surface area contributed by atoms with Crippen LogP contribution >= 0.6 is 0 Å². The fraction of sp³-hybridized carbons (Fsp3) is 0.647. The average Bonchev–Trinajstić information content (AvgIpc) is 2.40. The van der Waals surface area contributed by atoms with Gasteiger partial charge in [0, 0.05) is 31.7 Å². The molecular formula is C17H28N2O. The summed E-state index contributed by atoms with van der Waals surface area (Å²) in [6.07, 6.45) is 0.462. The minimum absolute atomic E-state index is 0.228. The van der Waals surface area contributed by atoms with Gasteiger partial charge in [-0.15, -0.1) is 0 Å². The van der Waals surface area contributed by atoms with Crippen molar-refractivity contribution >= 4 is 0 Å². The first kappa shape index (κ1) is 15.5. The monoisotopic (exact) mass is 276 g/mol. The van der Waals surface area contributed by atoms with Crippen LogP contribution in [0, 0.1) is 6.92 Å². The molecule has 0 saturated carbocycles. The van der Waals surface area contributed by atoms with Crippen LogP contribution in [-0.4, -0.2) is 53.7 Å². The predicted molar refractivity (Wildman–Crippen MR) is 83.9 cm³/mol. The lowest BCUT2D eigenvalue weighted by molar-refractivity contribution is 0.0312. The first-order valence-electron chi connectivity index (χ1n) is 7.57. The number of hydrogen-bond acceptors (Lipinski definition) is 3. The SMILES string of the molecule is Cc1ccccc1C(O)CCN1CCN(C)C(C)(C)C1. The topological polar surface area (TPSA) is 26.7 Å². The number of hydrogen-bond donors (Lipinski definition) is 1. The summed E-state index contributed by atoms with van der Waals surface area (Å²) >= 11 is 0. The van der Waals surface area contributed by atoms with Gasteiger partial charge in [0.25, 0.3) is 0 Å². The van der Waals surface area contributed by atoms with E-state index in [2.05, 4.69) is 43.7 Å². The summed E-state index contributed by atoms with van der Waals surface area (Å²) in [6, 6.07) is 8.13. The number of likely N-dealkylation sites (N-methyl/N-ethyl adjacent to an activating group) is 1. The number of aryl methyl sites for hydroxylation is 1. The zero-order valence-electron chi connectivity index (χ0n) is 13.3. The molecule has 20 heavy (non-hydrogen) atoms. The van der Waals surface area contributed by atoms with Crippen molar-refractivity contribution in [3.05, 3.63) is 35.4 Å². The Labute approximate surface area is 123 Å². The Hall–Kier alpha value is -0.900. The summed E-state index contributed by atoms with van der Waals surface area (Å²) in [5.41, 5.74) is 2.48. The molecule has 0 aliphatic carbocycles. The van der Waals surface area contributed by atoms with E-state index in [0.717, 1.165) is 38.2 Å². The van der Waals surface area contributed by atoms with Crippen molar-refractivity contribution in [1.29, 1.82) is 0 Å². The molecule has 3 nitrogen and oxygen atoms in total. The molecule has 112 valence electrons. The highest BCUT2D eigenvalue weighted by atomic mass is 16.3. The van der Waals surface area contributed by atoms with Crippen molar-refractivity contribution in [3.8, 4) is 0 Å². The predicted octanol–water partition coefficient (Wildman–Crippen LogP) is 2.44. The standard InChI is InChI=1S/C17H28N2O/c1-14-7-5-6-8-15(14)16(20)9-10-19-12-11-18(4)17(2,3)13-19/h5-8,16,20H,9-13H2,1-4H3. The third-order valence-corrected chi connectivity index (χ3v) is 4.66. The lowest BCUT2D eigenvalue weighted by Crippen LogP contribution is -2.57. The lowest BCUT2D eigenvalue weighted by Gasteiger charge is -2.45. The third kappa shape index (κ3) is 3.60. The molecule has 0 spiro atoms. The van der Waals surface area contributed by atoms with Crippen LogP contribution in [0.2, 0.25) is 0 Å². The van der Waals surface area contributed by atoms with E-state index in [1.54, 1.807) is 0 Å². The molecule has 1 fully saturated rings. The summed E-state index contributed by atoms with van der Waals surface area (Å²) in [5, 5.41) is 10.4. The van der Waals surface area contributed by atoms with Gasteiger partial charge in [-0.3, -0.25) is 4.90 Å². The van der Waals surface area contributed by atoms with Crippen molar-refractivity contribution in [2.75, 3.05) is 33.2 Å². The van der Waals surface area contributed by atoms with Crippen molar-refractivity contribution in [2.24, 2.45) is 0 Å². The summed E-state index contributed by atoms with van der Waals surface area (Å²) in [7, 11) is 2.19. The van der Waals surface area contributed by atoms with Gasteiger partial charge in [0.15, 0.2) is 0 Å². The van der Waals surface area contributed by atoms with Gasteiger partial charge in [-0.2, -0.15) is 0 Å².